The van der Waals surface area contributed by atoms with E-state index < -0.39 is 0 Å². The van der Waals surface area contributed by atoms with Crippen molar-refractivity contribution in [3.8, 4) is 0 Å². The summed E-state index contributed by atoms with van der Waals surface area (Å²) in [6.45, 7) is 2.08. The van der Waals surface area contributed by atoms with Crippen molar-refractivity contribution in [3.63, 3.8) is 0 Å². The lowest BCUT2D eigenvalue weighted by Gasteiger charge is -2.05. The standard InChI is InChI=1S/C15H16N2OS/c1-11-4-2-7-14(8-11)19-10-12-5-3-6-13(9-12)15(18)17-16/h2-9H,10,16H2,1H3,(H,17,18). The van der Waals surface area contributed by atoms with Gasteiger partial charge in [0, 0.05) is 16.2 Å². The molecule has 3 nitrogen and oxygen atoms in total. The first-order valence-corrected chi connectivity index (χ1v) is 6.97. The van der Waals surface area contributed by atoms with Gasteiger partial charge in [-0.2, -0.15) is 0 Å². The van der Waals surface area contributed by atoms with E-state index in [1.807, 2.05) is 18.2 Å². The average molecular weight is 272 g/mol. The molecule has 0 bridgehead atoms. The quantitative estimate of drug-likeness (QED) is 0.389. The average Bonchev–Trinajstić information content (AvgIpc) is 2.45. The lowest BCUT2D eigenvalue weighted by molar-refractivity contribution is 0.0953. The highest BCUT2D eigenvalue weighted by Crippen LogP contribution is 2.23. The fourth-order valence-corrected chi connectivity index (χ4v) is 2.71. The van der Waals surface area contributed by atoms with Crippen LogP contribution in [0.1, 0.15) is 21.5 Å². The molecule has 0 atom stereocenters. The lowest BCUT2D eigenvalue weighted by atomic mass is 10.1. The van der Waals surface area contributed by atoms with E-state index in [-0.39, 0.29) is 5.91 Å². The van der Waals surface area contributed by atoms with Crippen molar-refractivity contribution in [2.24, 2.45) is 5.84 Å². The van der Waals surface area contributed by atoms with Crippen molar-refractivity contribution < 1.29 is 4.79 Å². The first kappa shape index (κ1) is 13.6. The van der Waals surface area contributed by atoms with Crippen LogP contribution in [0.2, 0.25) is 0 Å². The van der Waals surface area contributed by atoms with Gasteiger partial charge in [-0.3, -0.25) is 10.2 Å². The molecule has 0 saturated heterocycles. The van der Waals surface area contributed by atoms with Crippen molar-refractivity contribution in [1.29, 1.82) is 0 Å². The molecule has 98 valence electrons. The topological polar surface area (TPSA) is 55.1 Å². The van der Waals surface area contributed by atoms with Gasteiger partial charge in [0.05, 0.1) is 0 Å². The molecule has 0 aromatic heterocycles. The Morgan fingerprint density at radius 1 is 1.21 bits per heavy atom. The molecular formula is C15H16N2OS. The van der Waals surface area contributed by atoms with Gasteiger partial charge in [-0.15, -0.1) is 11.8 Å². The van der Waals surface area contributed by atoms with Crippen molar-refractivity contribution in [3.05, 3.63) is 65.2 Å². The number of hydrogen-bond donors (Lipinski definition) is 2. The minimum absolute atomic E-state index is 0.262. The summed E-state index contributed by atoms with van der Waals surface area (Å²) in [7, 11) is 0. The van der Waals surface area contributed by atoms with Gasteiger partial charge in [-0.05, 0) is 36.8 Å². The fraction of sp³-hybridized carbons (Fsp3) is 0.133. The van der Waals surface area contributed by atoms with Gasteiger partial charge in [0.25, 0.3) is 5.91 Å². The minimum Gasteiger partial charge on any atom is -0.290 e. The van der Waals surface area contributed by atoms with E-state index >= 15 is 0 Å². The highest BCUT2D eigenvalue weighted by molar-refractivity contribution is 7.98. The molecular weight excluding hydrogens is 256 g/mol. The molecule has 0 aliphatic rings. The van der Waals surface area contributed by atoms with E-state index in [2.05, 4.69) is 36.6 Å². The number of thioether (sulfide) groups is 1. The van der Waals surface area contributed by atoms with E-state index in [0.29, 0.717) is 5.56 Å². The number of amides is 1. The van der Waals surface area contributed by atoms with Crippen LogP contribution < -0.4 is 11.3 Å². The molecule has 2 aromatic carbocycles. The van der Waals surface area contributed by atoms with Gasteiger partial charge in [-0.25, -0.2) is 5.84 Å². The van der Waals surface area contributed by atoms with Crippen LogP contribution in [0.25, 0.3) is 0 Å². The zero-order valence-electron chi connectivity index (χ0n) is 10.7. The zero-order valence-corrected chi connectivity index (χ0v) is 11.5. The summed E-state index contributed by atoms with van der Waals surface area (Å²) in [5.74, 6) is 5.70. The molecule has 2 aromatic rings. The molecule has 2 rings (SSSR count). The number of hydrazine groups is 1. The largest absolute Gasteiger partial charge is 0.290 e. The van der Waals surface area contributed by atoms with Crippen molar-refractivity contribution in [2.45, 2.75) is 17.6 Å². The molecule has 4 heteroatoms. The third-order valence-electron chi connectivity index (χ3n) is 2.72. The van der Waals surface area contributed by atoms with Gasteiger partial charge in [-0.1, -0.05) is 29.8 Å². The SMILES string of the molecule is Cc1cccc(SCc2cccc(C(=O)NN)c2)c1. The molecule has 0 aliphatic heterocycles. The van der Waals surface area contributed by atoms with Crippen LogP contribution >= 0.6 is 11.8 Å². The second-order valence-electron chi connectivity index (χ2n) is 4.28. The molecule has 19 heavy (non-hydrogen) atoms. The Balaban J connectivity index is 2.05. The highest BCUT2D eigenvalue weighted by atomic mass is 32.2. The number of hydrogen-bond acceptors (Lipinski definition) is 3. The Kier molecular flexibility index (Phi) is 4.60. The van der Waals surface area contributed by atoms with Gasteiger partial charge in [0.2, 0.25) is 0 Å². The van der Waals surface area contributed by atoms with Crippen LogP contribution in [-0.4, -0.2) is 5.91 Å². The second kappa shape index (κ2) is 6.41. The van der Waals surface area contributed by atoms with Crippen LogP contribution in [0.5, 0.6) is 0 Å². The Labute approximate surface area is 117 Å². The third-order valence-corrected chi connectivity index (χ3v) is 3.78. The minimum atomic E-state index is -0.262. The summed E-state index contributed by atoms with van der Waals surface area (Å²) in [4.78, 5) is 12.7. The molecule has 0 heterocycles. The predicted molar refractivity (Wildman–Crippen MR) is 78.8 cm³/mol. The molecule has 0 aliphatic carbocycles. The van der Waals surface area contributed by atoms with E-state index in [0.717, 1.165) is 11.3 Å². The van der Waals surface area contributed by atoms with Gasteiger partial charge < -0.3 is 0 Å². The second-order valence-corrected chi connectivity index (χ2v) is 5.33. The van der Waals surface area contributed by atoms with Crippen LogP contribution in [0.15, 0.2) is 53.4 Å². The number of rotatable bonds is 4. The fourth-order valence-electron chi connectivity index (χ4n) is 1.76. The molecule has 1 amide bonds. The monoisotopic (exact) mass is 272 g/mol. The van der Waals surface area contributed by atoms with E-state index in [4.69, 9.17) is 5.84 Å². The third kappa shape index (κ3) is 3.84. The van der Waals surface area contributed by atoms with E-state index in [1.54, 1.807) is 17.8 Å². The van der Waals surface area contributed by atoms with Crippen molar-refractivity contribution in [1.82, 2.24) is 5.43 Å². The Morgan fingerprint density at radius 3 is 2.74 bits per heavy atom. The summed E-state index contributed by atoms with van der Waals surface area (Å²) in [5.41, 5.74) is 5.09. The first-order chi connectivity index (χ1) is 9.19. The Bertz CT molecular complexity index is 584. The van der Waals surface area contributed by atoms with Crippen molar-refractivity contribution >= 4 is 17.7 Å². The van der Waals surface area contributed by atoms with Gasteiger partial charge in [0.15, 0.2) is 0 Å². The maximum atomic E-state index is 11.4. The molecule has 3 N–H and O–H groups in total. The zero-order chi connectivity index (χ0) is 13.7. The Hall–Kier alpha value is -1.78. The molecule has 0 fully saturated rings. The maximum Gasteiger partial charge on any atom is 0.265 e. The maximum absolute atomic E-state index is 11.4. The molecule has 0 unspecified atom stereocenters. The number of benzene rings is 2. The summed E-state index contributed by atoms with van der Waals surface area (Å²) in [6.07, 6.45) is 0. The van der Waals surface area contributed by atoms with E-state index in [1.165, 1.54) is 10.5 Å². The van der Waals surface area contributed by atoms with Crippen molar-refractivity contribution in [2.75, 3.05) is 0 Å². The van der Waals surface area contributed by atoms with Crippen LogP contribution in [0.3, 0.4) is 0 Å². The predicted octanol–water partition coefficient (Wildman–Crippen LogP) is 2.89. The van der Waals surface area contributed by atoms with Crippen LogP contribution in [0, 0.1) is 6.92 Å². The summed E-state index contributed by atoms with van der Waals surface area (Å²) < 4.78 is 0. The lowest BCUT2D eigenvalue weighted by Crippen LogP contribution is -2.29. The number of aryl methyl sites for hydroxylation is 1. The molecule has 0 spiro atoms. The summed E-state index contributed by atoms with van der Waals surface area (Å²) in [6, 6.07) is 15.9. The van der Waals surface area contributed by atoms with Gasteiger partial charge >= 0.3 is 0 Å². The smallest absolute Gasteiger partial charge is 0.265 e. The summed E-state index contributed by atoms with van der Waals surface area (Å²) in [5, 5.41) is 0. The molecule has 0 saturated carbocycles. The van der Waals surface area contributed by atoms with E-state index in [9.17, 15) is 4.79 Å². The first-order valence-electron chi connectivity index (χ1n) is 5.98. The number of nitrogen functional groups attached to an aromatic ring is 1. The Morgan fingerprint density at radius 2 is 2.00 bits per heavy atom. The summed E-state index contributed by atoms with van der Waals surface area (Å²) >= 11 is 1.75. The van der Waals surface area contributed by atoms with Crippen LogP contribution in [0.4, 0.5) is 0 Å². The number of carbonyl (C=O) groups is 1. The number of nitrogens with two attached hydrogens (primary N) is 1. The normalized spacial score (nSPS) is 10.2. The number of nitrogens with one attached hydrogen (secondary N) is 1. The van der Waals surface area contributed by atoms with Gasteiger partial charge in [0.1, 0.15) is 0 Å². The molecule has 0 radical (unpaired) electrons. The van der Waals surface area contributed by atoms with Crippen LogP contribution in [-0.2, 0) is 5.75 Å². The number of carbonyl (C=O) groups excluding carboxylic acids is 1. The highest BCUT2D eigenvalue weighted by Gasteiger charge is 2.04.